The summed E-state index contributed by atoms with van der Waals surface area (Å²) in [6.07, 6.45) is 0.760. The van der Waals surface area contributed by atoms with Crippen LogP contribution in [0.25, 0.3) is 0 Å². The van der Waals surface area contributed by atoms with Crippen LogP contribution in [0.3, 0.4) is 0 Å². The summed E-state index contributed by atoms with van der Waals surface area (Å²) < 4.78 is 5.03. The quantitative estimate of drug-likeness (QED) is 0.687. The molecule has 0 saturated heterocycles. The summed E-state index contributed by atoms with van der Waals surface area (Å²) in [5.74, 6) is -0.913. The SMILES string of the molecule is CCC(CNC(=O)Nc1cccc(COC)c1)CC(=O)O. The van der Waals surface area contributed by atoms with Crippen LogP contribution in [0.1, 0.15) is 25.3 Å². The molecular weight excluding hydrogens is 272 g/mol. The van der Waals surface area contributed by atoms with Crippen LogP contribution >= 0.6 is 0 Å². The summed E-state index contributed by atoms with van der Waals surface area (Å²) in [5, 5.41) is 14.2. The van der Waals surface area contributed by atoms with Gasteiger partial charge in [-0.2, -0.15) is 0 Å². The maximum absolute atomic E-state index is 11.8. The highest BCUT2D eigenvalue weighted by Crippen LogP contribution is 2.11. The molecule has 1 rings (SSSR count). The molecule has 0 fully saturated rings. The molecule has 0 aliphatic carbocycles. The molecule has 0 aliphatic rings. The fourth-order valence-electron chi connectivity index (χ4n) is 1.93. The Morgan fingerprint density at radius 1 is 1.38 bits per heavy atom. The van der Waals surface area contributed by atoms with Crippen molar-refractivity contribution in [3.8, 4) is 0 Å². The maximum atomic E-state index is 11.8. The van der Waals surface area contributed by atoms with Gasteiger partial charge in [0.1, 0.15) is 0 Å². The van der Waals surface area contributed by atoms with Gasteiger partial charge in [0.25, 0.3) is 0 Å². The number of carbonyl (C=O) groups is 2. The minimum absolute atomic E-state index is 0.0557. The molecule has 0 heterocycles. The topological polar surface area (TPSA) is 87.7 Å². The van der Waals surface area contributed by atoms with E-state index in [4.69, 9.17) is 9.84 Å². The Hall–Kier alpha value is -2.08. The lowest BCUT2D eigenvalue weighted by molar-refractivity contribution is -0.138. The van der Waals surface area contributed by atoms with Gasteiger partial charge in [0.05, 0.1) is 6.61 Å². The Balaban J connectivity index is 2.46. The molecule has 6 nitrogen and oxygen atoms in total. The van der Waals surface area contributed by atoms with Gasteiger partial charge in [0, 0.05) is 25.8 Å². The third-order valence-corrected chi connectivity index (χ3v) is 3.09. The van der Waals surface area contributed by atoms with Gasteiger partial charge in [-0.15, -0.1) is 0 Å². The van der Waals surface area contributed by atoms with E-state index in [1.807, 2.05) is 25.1 Å². The van der Waals surface area contributed by atoms with Crippen molar-refractivity contribution >= 4 is 17.7 Å². The third-order valence-electron chi connectivity index (χ3n) is 3.09. The van der Waals surface area contributed by atoms with Gasteiger partial charge in [0.15, 0.2) is 0 Å². The van der Waals surface area contributed by atoms with Gasteiger partial charge in [0.2, 0.25) is 0 Å². The minimum Gasteiger partial charge on any atom is -0.481 e. The van der Waals surface area contributed by atoms with Crippen LogP contribution in [-0.4, -0.2) is 30.8 Å². The summed E-state index contributed by atoms with van der Waals surface area (Å²) >= 11 is 0. The zero-order chi connectivity index (χ0) is 15.7. The molecule has 0 spiro atoms. The maximum Gasteiger partial charge on any atom is 0.319 e. The van der Waals surface area contributed by atoms with Crippen molar-refractivity contribution in [2.24, 2.45) is 5.92 Å². The molecule has 1 aromatic rings. The van der Waals surface area contributed by atoms with Crippen molar-refractivity contribution in [1.82, 2.24) is 5.32 Å². The van der Waals surface area contributed by atoms with Gasteiger partial charge in [-0.1, -0.05) is 25.5 Å². The van der Waals surface area contributed by atoms with Crippen LogP contribution in [-0.2, 0) is 16.1 Å². The van der Waals surface area contributed by atoms with Crippen LogP contribution in [0.15, 0.2) is 24.3 Å². The zero-order valence-electron chi connectivity index (χ0n) is 12.4. The Morgan fingerprint density at radius 3 is 2.76 bits per heavy atom. The summed E-state index contributed by atoms with van der Waals surface area (Å²) in [7, 11) is 1.61. The minimum atomic E-state index is -0.851. The molecule has 0 bridgehead atoms. The van der Waals surface area contributed by atoms with Gasteiger partial charge < -0.3 is 20.5 Å². The van der Waals surface area contributed by atoms with Gasteiger partial charge >= 0.3 is 12.0 Å². The Morgan fingerprint density at radius 2 is 2.14 bits per heavy atom. The second kappa shape index (κ2) is 8.97. The van der Waals surface area contributed by atoms with Gasteiger partial charge in [-0.25, -0.2) is 4.79 Å². The van der Waals surface area contributed by atoms with E-state index in [1.165, 1.54) is 0 Å². The van der Waals surface area contributed by atoms with Crippen LogP contribution in [0.2, 0.25) is 0 Å². The molecule has 1 atom stereocenters. The molecule has 2 amide bonds. The number of carbonyl (C=O) groups excluding carboxylic acids is 1. The number of aliphatic carboxylic acids is 1. The van der Waals surface area contributed by atoms with E-state index in [0.29, 0.717) is 25.3 Å². The first-order valence-electron chi connectivity index (χ1n) is 6.89. The van der Waals surface area contributed by atoms with E-state index in [0.717, 1.165) is 5.56 Å². The van der Waals surface area contributed by atoms with E-state index in [9.17, 15) is 9.59 Å². The number of ether oxygens (including phenoxy) is 1. The van der Waals surface area contributed by atoms with Gasteiger partial charge in [-0.05, 0) is 23.6 Å². The first kappa shape index (κ1) is 17.0. The largest absolute Gasteiger partial charge is 0.481 e. The molecule has 21 heavy (non-hydrogen) atoms. The van der Waals surface area contributed by atoms with E-state index in [1.54, 1.807) is 13.2 Å². The average molecular weight is 294 g/mol. The van der Waals surface area contributed by atoms with Crippen LogP contribution < -0.4 is 10.6 Å². The first-order chi connectivity index (χ1) is 10.0. The molecule has 116 valence electrons. The zero-order valence-corrected chi connectivity index (χ0v) is 12.4. The van der Waals surface area contributed by atoms with Gasteiger partial charge in [-0.3, -0.25) is 4.79 Å². The molecule has 3 N–H and O–H groups in total. The monoisotopic (exact) mass is 294 g/mol. The standard InChI is InChI=1S/C15H22N2O4/c1-3-11(8-14(18)19)9-16-15(20)17-13-6-4-5-12(7-13)10-21-2/h4-7,11H,3,8-10H2,1-2H3,(H,18,19)(H2,16,17,20). The molecule has 1 aromatic carbocycles. The molecule has 6 heteroatoms. The molecule has 0 aliphatic heterocycles. The normalized spacial score (nSPS) is 11.7. The van der Waals surface area contributed by atoms with Crippen molar-refractivity contribution in [2.45, 2.75) is 26.4 Å². The van der Waals surface area contributed by atoms with E-state index < -0.39 is 5.97 Å². The lowest BCUT2D eigenvalue weighted by Gasteiger charge is -2.14. The molecule has 0 radical (unpaired) electrons. The number of nitrogens with one attached hydrogen (secondary N) is 2. The highest BCUT2D eigenvalue weighted by atomic mass is 16.5. The predicted molar refractivity (Wildman–Crippen MR) is 80.2 cm³/mol. The summed E-state index contributed by atoms with van der Waals surface area (Å²) in [6, 6.07) is 7.02. The van der Waals surface area contributed by atoms with Crippen LogP contribution in [0.4, 0.5) is 10.5 Å². The fourth-order valence-corrected chi connectivity index (χ4v) is 1.93. The number of benzene rings is 1. The molecular formula is C15H22N2O4. The summed E-state index contributed by atoms with van der Waals surface area (Å²) in [6.45, 7) is 2.72. The lowest BCUT2D eigenvalue weighted by atomic mass is 10.0. The number of hydrogen-bond donors (Lipinski definition) is 3. The Labute approximate surface area is 124 Å². The van der Waals surface area contributed by atoms with Crippen LogP contribution in [0.5, 0.6) is 0 Å². The lowest BCUT2D eigenvalue weighted by Crippen LogP contribution is -2.33. The highest BCUT2D eigenvalue weighted by Gasteiger charge is 2.12. The summed E-state index contributed by atoms with van der Waals surface area (Å²) in [4.78, 5) is 22.5. The number of carboxylic acids is 1. The number of carboxylic acid groups (broad SMARTS) is 1. The summed E-state index contributed by atoms with van der Waals surface area (Å²) in [5.41, 5.74) is 1.64. The third kappa shape index (κ3) is 6.76. The van der Waals surface area contributed by atoms with Crippen LogP contribution in [0, 0.1) is 5.92 Å². The molecule has 1 unspecified atom stereocenters. The predicted octanol–water partition coefficient (Wildman–Crippen LogP) is 2.46. The highest BCUT2D eigenvalue weighted by molar-refractivity contribution is 5.89. The second-order valence-electron chi connectivity index (χ2n) is 4.84. The van der Waals surface area contributed by atoms with E-state index in [-0.39, 0.29) is 18.4 Å². The fraction of sp³-hybridized carbons (Fsp3) is 0.467. The number of hydrogen-bond acceptors (Lipinski definition) is 3. The van der Waals surface area contributed by atoms with Crippen molar-refractivity contribution in [3.05, 3.63) is 29.8 Å². The number of anilines is 1. The number of amides is 2. The van der Waals surface area contributed by atoms with Crippen molar-refractivity contribution in [3.63, 3.8) is 0 Å². The number of rotatable bonds is 8. The van der Waals surface area contributed by atoms with Crippen molar-refractivity contribution < 1.29 is 19.4 Å². The Bertz CT molecular complexity index is 476. The molecule has 0 saturated carbocycles. The average Bonchev–Trinajstić information content (AvgIpc) is 2.44. The molecule has 0 aromatic heterocycles. The smallest absolute Gasteiger partial charge is 0.319 e. The first-order valence-corrected chi connectivity index (χ1v) is 6.89. The Kier molecular flexibility index (Phi) is 7.25. The van der Waals surface area contributed by atoms with E-state index >= 15 is 0 Å². The van der Waals surface area contributed by atoms with Crippen molar-refractivity contribution in [1.29, 1.82) is 0 Å². The van der Waals surface area contributed by atoms with Crippen molar-refractivity contribution in [2.75, 3.05) is 19.0 Å². The van der Waals surface area contributed by atoms with E-state index in [2.05, 4.69) is 10.6 Å². The number of urea groups is 1. The number of methoxy groups -OCH3 is 1. The second-order valence-corrected chi connectivity index (χ2v) is 4.84.